The lowest BCUT2D eigenvalue weighted by atomic mass is 10.1. The first-order valence-corrected chi connectivity index (χ1v) is 5.93. The third kappa shape index (κ3) is 3.58. The van der Waals surface area contributed by atoms with Crippen molar-refractivity contribution in [3.05, 3.63) is 53.1 Å². The van der Waals surface area contributed by atoms with Crippen LogP contribution in [0.2, 0.25) is 0 Å². The fourth-order valence-electron chi connectivity index (χ4n) is 1.67. The van der Waals surface area contributed by atoms with Gasteiger partial charge in [-0.25, -0.2) is 19.8 Å². The number of benzene rings is 1. The Bertz CT molecular complexity index is 585. The predicted molar refractivity (Wildman–Crippen MR) is 73.7 cm³/mol. The summed E-state index contributed by atoms with van der Waals surface area (Å²) >= 11 is 0. The van der Waals surface area contributed by atoms with Crippen molar-refractivity contribution in [2.24, 2.45) is 5.10 Å². The smallest absolute Gasteiger partial charge is 0.243 e. The molecule has 19 heavy (non-hydrogen) atoms. The maximum atomic E-state index is 12.8. The minimum Gasteiger partial charge on any atom is -0.245 e. The lowest BCUT2D eigenvalue weighted by Gasteiger charge is -2.04. The summed E-state index contributed by atoms with van der Waals surface area (Å²) in [5.74, 6) is 0.195. The van der Waals surface area contributed by atoms with Crippen LogP contribution in [0.1, 0.15) is 23.9 Å². The van der Waals surface area contributed by atoms with E-state index >= 15 is 0 Å². The molecular formula is C14H15FN4. The number of hydrogen-bond donors (Lipinski definition) is 1. The number of anilines is 1. The number of nitrogens with one attached hydrogen (secondary N) is 1. The molecule has 0 saturated heterocycles. The molecule has 98 valence electrons. The van der Waals surface area contributed by atoms with Crippen LogP contribution in [0.5, 0.6) is 0 Å². The second-order valence-electron chi connectivity index (χ2n) is 4.29. The zero-order chi connectivity index (χ0) is 13.8. The van der Waals surface area contributed by atoms with Crippen LogP contribution in [-0.2, 0) is 0 Å². The number of aryl methyl sites for hydroxylation is 2. The number of aromatic nitrogens is 2. The standard InChI is InChI=1S/C14H15FN4/c1-9-8-10(2)17-14(16-9)19-18-11(3)12-4-6-13(15)7-5-12/h4-8H,1-3H3,(H,16,17,19)/b18-11-. The number of rotatable bonds is 3. The Labute approximate surface area is 111 Å². The van der Waals surface area contributed by atoms with E-state index in [1.54, 1.807) is 12.1 Å². The zero-order valence-corrected chi connectivity index (χ0v) is 11.1. The number of hydrogen-bond acceptors (Lipinski definition) is 4. The van der Waals surface area contributed by atoms with Gasteiger partial charge in [0.2, 0.25) is 5.95 Å². The molecule has 0 atom stereocenters. The molecule has 1 aromatic carbocycles. The van der Waals surface area contributed by atoms with Gasteiger partial charge < -0.3 is 0 Å². The highest BCUT2D eigenvalue weighted by molar-refractivity contribution is 5.98. The molecule has 0 radical (unpaired) electrons. The molecule has 2 aromatic rings. The van der Waals surface area contributed by atoms with Crippen LogP contribution in [0.3, 0.4) is 0 Å². The molecular weight excluding hydrogens is 243 g/mol. The first-order valence-electron chi connectivity index (χ1n) is 5.93. The molecule has 0 saturated carbocycles. The van der Waals surface area contributed by atoms with Crippen molar-refractivity contribution in [2.75, 3.05) is 5.43 Å². The summed E-state index contributed by atoms with van der Waals surface area (Å²) in [5, 5.41) is 4.20. The van der Waals surface area contributed by atoms with Gasteiger partial charge in [-0.05, 0) is 44.5 Å². The maximum Gasteiger partial charge on any atom is 0.243 e. The molecule has 5 heteroatoms. The van der Waals surface area contributed by atoms with E-state index in [1.807, 2.05) is 26.8 Å². The van der Waals surface area contributed by atoms with Crippen LogP contribution in [0.15, 0.2) is 35.4 Å². The van der Waals surface area contributed by atoms with E-state index in [1.165, 1.54) is 12.1 Å². The highest BCUT2D eigenvalue weighted by atomic mass is 19.1. The van der Waals surface area contributed by atoms with Gasteiger partial charge >= 0.3 is 0 Å². The average molecular weight is 258 g/mol. The summed E-state index contributed by atoms with van der Waals surface area (Å²) in [5.41, 5.74) is 6.15. The summed E-state index contributed by atoms with van der Waals surface area (Å²) in [6, 6.07) is 8.06. The minimum atomic E-state index is -0.262. The second kappa shape index (κ2) is 5.56. The van der Waals surface area contributed by atoms with Gasteiger partial charge in [-0.3, -0.25) is 0 Å². The van der Waals surface area contributed by atoms with Crippen molar-refractivity contribution in [3.8, 4) is 0 Å². The van der Waals surface area contributed by atoms with E-state index in [0.717, 1.165) is 22.7 Å². The van der Waals surface area contributed by atoms with Gasteiger partial charge in [-0.1, -0.05) is 12.1 Å². The Morgan fingerprint density at radius 2 is 1.68 bits per heavy atom. The second-order valence-corrected chi connectivity index (χ2v) is 4.29. The SMILES string of the molecule is C/C(=N/Nc1nc(C)cc(C)n1)c1ccc(F)cc1. The van der Waals surface area contributed by atoms with Crippen LogP contribution >= 0.6 is 0 Å². The van der Waals surface area contributed by atoms with Crippen molar-refractivity contribution in [3.63, 3.8) is 0 Å². The number of hydrazone groups is 1. The van der Waals surface area contributed by atoms with Crippen LogP contribution in [-0.4, -0.2) is 15.7 Å². The molecule has 0 aliphatic heterocycles. The Morgan fingerprint density at radius 3 is 2.26 bits per heavy atom. The Balaban J connectivity index is 2.15. The molecule has 0 aliphatic carbocycles. The van der Waals surface area contributed by atoms with E-state index < -0.39 is 0 Å². The van der Waals surface area contributed by atoms with E-state index in [-0.39, 0.29) is 5.82 Å². The average Bonchev–Trinajstić information content (AvgIpc) is 2.36. The molecule has 0 unspecified atom stereocenters. The van der Waals surface area contributed by atoms with Gasteiger partial charge in [0.05, 0.1) is 5.71 Å². The normalized spacial score (nSPS) is 11.5. The van der Waals surface area contributed by atoms with Gasteiger partial charge in [0.15, 0.2) is 0 Å². The largest absolute Gasteiger partial charge is 0.245 e. The van der Waals surface area contributed by atoms with E-state index in [2.05, 4.69) is 20.5 Å². The van der Waals surface area contributed by atoms with E-state index in [9.17, 15) is 4.39 Å². The molecule has 1 N–H and O–H groups in total. The van der Waals surface area contributed by atoms with Crippen molar-refractivity contribution >= 4 is 11.7 Å². The molecule has 0 bridgehead atoms. The van der Waals surface area contributed by atoms with Gasteiger partial charge in [-0.2, -0.15) is 5.10 Å². The van der Waals surface area contributed by atoms with Crippen molar-refractivity contribution in [2.45, 2.75) is 20.8 Å². The first-order chi connectivity index (χ1) is 9.04. The van der Waals surface area contributed by atoms with Crippen LogP contribution in [0, 0.1) is 19.7 Å². The third-order valence-corrected chi connectivity index (χ3v) is 2.57. The quantitative estimate of drug-likeness (QED) is 0.680. The van der Waals surface area contributed by atoms with Gasteiger partial charge in [0.1, 0.15) is 5.82 Å². The molecule has 2 rings (SSSR count). The molecule has 0 aliphatic rings. The summed E-state index contributed by atoms with van der Waals surface area (Å²) in [4.78, 5) is 8.45. The lowest BCUT2D eigenvalue weighted by Crippen LogP contribution is -2.03. The molecule has 0 spiro atoms. The topological polar surface area (TPSA) is 50.2 Å². The first kappa shape index (κ1) is 13.1. The zero-order valence-electron chi connectivity index (χ0n) is 11.1. The van der Waals surface area contributed by atoms with Gasteiger partial charge in [0, 0.05) is 11.4 Å². The molecule has 1 heterocycles. The van der Waals surface area contributed by atoms with Crippen LogP contribution < -0.4 is 5.43 Å². The lowest BCUT2D eigenvalue weighted by molar-refractivity contribution is 0.628. The fourth-order valence-corrected chi connectivity index (χ4v) is 1.67. The third-order valence-electron chi connectivity index (χ3n) is 2.57. The van der Waals surface area contributed by atoms with Gasteiger partial charge in [0.25, 0.3) is 0 Å². The molecule has 0 amide bonds. The minimum absolute atomic E-state index is 0.262. The summed E-state index contributed by atoms with van der Waals surface area (Å²) < 4.78 is 12.8. The highest BCUT2D eigenvalue weighted by Crippen LogP contribution is 2.06. The van der Waals surface area contributed by atoms with E-state index in [0.29, 0.717) is 5.95 Å². The van der Waals surface area contributed by atoms with Crippen molar-refractivity contribution in [1.82, 2.24) is 9.97 Å². The van der Waals surface area contributed by atoms with Crippen molar-refractivity contribution < 1.29 is 4.39 Å². The monoisotopic (exact) mass is 258 g/mol. The summed E-state index contributed by atoms with van der Waals surface area (Å²) in [6.07, 6.45) is 0. The molecule has 0 fully saturated rings. The van der Waals surface area contributed by atoms with Crippen LogP contribution in [0.25, 0.3) is 0 Å². The Kier molecular flexibility index (Phi) is 3.85. The number of halogens is 1. The van der Waals surface area contributed by atoms with Gasteiger partial charge in [-0.15, -0.1) is 0 Å². The number of nitrogens with zero attached hydrogens (tertiary/aromatic N) is 3. The maximum absolute atomic E-state index is 12.8. The summed E-state index contributed by atoms with van der Waals surface area (Å²) in [7, 11) is 0. The Hall–Kier alpha value is -2.30. The Morgan fingerprint density at radius 1 is 1.11 bits per heavy atom. The molecule has 4 nitrogen and oxygen atoms in total. The molecule has 1 aromatic heterocycles. The fraction of sp³-hybridized carbons (Fsp3) is 0.214. The van der Waals surface area contributed by atoms with Crippen LogP contribution in [0.4, 0.5) is 10.3 Å². The van der Waals surface area contributed by atoms with Crippen molar-refractivity contribution in [1.29, 1.82) is 0 Å². The van der Waals surface area contributed by atoms with E-state index in [4.69, 9.17) is 0 Å². The predicted octanol–water partition coefficient (Wildman–Crippen LogP) is 3.07. The highest BCUT2D eigenvalue weighted by Gasteiger charge is 2.00. The summed E-state index contributed by atoms with van der Waals surface area (Å²) in [6.45, 7) is 5.63.